The molecular formula is C24H37ClFN7O. The van der Waals surface area contributed by atoms with E-state index in [2.05, 4.69) is 39.5 Å². The van der Waals surface area contributed by atoms with Crippen molar-refractivity contribution in [2.75, 3.05) is 49.8 Å². The fraction of sp³-hybridized carbons (Fsp3) is 0.625. The minimum Gasteiger partial charge on any atom is -1.00 e. The maximum Gasteiger partial charge on any atom is 1.00 e. The van der Waals surface area contributed by atoms with Gasteiger partial charge in [0.05, 0.1) is 7.11 Å². The summed E-state index contributed by atoms with van der Waals surface area (Å²) in [5.74, 6) is 1.38. The summed E-state index contributed by atoms with van der Waals surface area (Å²) in [5.41, 5.74) is 0.563. The van der Waals surface area contributed by atoms with Crippen LogP contribution in [0.1, 0.15) is 52.8 Å². The van der Waals surface area contributed by atoms with Gasteiger partial charge in [0.2, 0.25) is 17.8 Å². The molecule has 8 nitrogen and oxygen atoms in total. The van der Waals surface area contributed by atoms with Gasteiger partial charge < -0.3 is 37.6 Å². The van der Waals surface area contributed by atoms with Crippen LogP contribution in [0.4, 0.5) is 27.9 Å². The maximum absolute atomic E-state index is 14.2. The average molecular weight is 494 g/mol. The van der Waals surface area contributed by atoms with E-state index in [4.69, 9.17) is 14.7 Å². The van der Waals surface area contributed by atoms with Crippen LogP contribution in [0.2, 0.25) is 0 Å². The van der Waals surface area contributed by atoms with Gasteiger partial charge in [-0.05, 0) is 58.0 Å². The van der Waals surface area contributed by atoms with Gasteiger partial charge in [0.25, 0.3) is 0 Å². The highest BCUT2D eigenvalue weighted by molar-refractivity contribution is 5.57. The molecule has 0 bridgehead atoms. The van der Waals surface area contributed by atoms with Gasteiger partial charge >= 0.3 is 1.43 Å². The molecule has 188 valence electrons. The third kappa shape index (κ3) is 6.82. The fourth-order valence-electron chi connectivity index (χ4n) is 4.67. The molecule has 0 amide bonds. The van der Waals surface area contributed by atoms with Crippen molar-refractivity contribution in [2.45, 2.75) is 63.5 Å². The van der Waals surface area contributed by atoms with E-state index >= 15 is 0 Å². The molecule has 1 saturated carbocycles. The van der Waals surface area contributed by atoms with Crippen molar-refractivity contribution in [1.29, 1.82) is 0 Å². The first kappa shape index (κ1) is 26.2. The van der Waals surface area contributed by atoms with Crippen LogP contribution < -0.4 is 32.7 Å². The van der Waals surface area contributed by atoms with Crippen molar-refractivity contribution in [3.63, 3.8) is 0 Å². The summed E-state index contributed by atoms with van der Waals surface area (Å²) in [5, 5.41) is 6.71. The Bertz CT molecular complexity index is 925. The molecule has 1 aliphatic carbocycles. The van der Waals surface area contributed by atoms with Crippen LogP contribution >= 0.6 is 0 Å². The zero-order valence-electron chi connectivity index (χ0n) is 21.4. The van der Waals surface area contributed by atoms with Gasteiger partial charge in [-0.1, -0.05) is 25.7 Å². The molecule has 1 aliphatic heterocycles. The Hall–Kier alpha value is -2.39. The summed E-state index contributed by atoms with van der Waals surface area (Å²) in [6.07, 6.45) is 9.40. The molecule has 0 atom stereocenters. The van der Waals surface area contributed by atoms with Crippen molar-refractivity contribution < 1.29 is 23.0 Å². The van der Waals surface area contributed by atoms with Crippen LogP contribution in [-0.4, -0.2) is 66.2 Å². The second-order valence-corrected chi connectivity index (χ2v) is 9.24. The highest BCUT2D eigenvalue weighted by Gasteiger charge is 2.24. The topological polar surface area (TPSA) is 78.4 Å². The number of nitrogens with zero attached hydrogens (tertiary/aromatic N) is 5. The lowest BCUT2D eigenvalue weighted by Gasteiger charge is -2.35. The SMILES string of the molecule is COc1ccc(Nc2nc(NC3CCCCCC3)nc(N(C)C3CCN(C)CC3)n2)cc1F.[Cl-].[H+]. The highest BCUT2D eigenvalue weighted by Crippen LogP contribution is 2.26. The normalized spacial score (nSPS) is 18.0. The molecule has 0 spiro atoms. The number of piperidine rings is 1. The van der Waals surface area contributed by atoms with Gasteiger partial charge in [0.1, 0.15) is 0 Å². The van der Waals surface area contributed by atoms with Gasteiger partial charge in [0, 0.05) is 30.9 Å². The van der Waals surface area contributed by atoms with Crippen molar-refractivity contribution in [3.8, 4) is 5.75 Å². The fourth-order valence-corrected chi connectivity index (χ4v) is 4.67. The number of ether oxygens (including phenoxy) is 1. The van der Waals surface area contributed by atoms with Crippen molar-refractivity contribution in [3.05, 3.63) is 24.0 Å². The molecule has 2 fully saturated rings. The summed E-state index contributed by atoms with van der Waals surface area (Å²) in [6, 6.07) is 5.48. The second-order valence-electron chi connectivity index (χ2n) is 9.24. The summed E-state index contributed by atoms with van der Waals surface area (Å²) in [7, 11) is 5.66. The van der Waals surface area contributed by atoms with E-state index in [9.17, 15) is 4.39 Å². The van der Waals surface area contributed by atoms with Gasteiger partial charge in [-0.15, -0.1) is 0 Å². The van der Waals surface area contributed by atoms with E-state index in [1.807, 2.05) is 0 Å². The lowest BCUT2D eigenvalue weighted by atomic mass is 10.0. The zero-order chi connectivity index (χ0) is 23.2. The van der Waals surface area contributed by atoms with Crippen molar-refractivity contribution in [2.24, 2.45) is 0 Å². The largest absolute Gasteiger partial charge is 1.00 e. The standard InChI is InChI=1S/C24H36FN7O.ClH/c1-31-14-12-19(13-15-31)32(2)24-29-22(26-17-8-6-4-5-7-9-17)28-23(30-24)27-18-10-11-21(33-3)20(25)16-18;/h10-11,16-17,19H,4-9,12-15H2,1-3H3,(H2,26,27,28,29,30);1H. The molecule has 4 rings (SSSR count). The lowest BCUT2D eigenvalue weighted by Crippen LogP contribution is -3.00. The molecule has 1 saturated heterocycles. The van der Waals surface area contributed by atoms with Gasteiger partial charge in [0.15, 0.2) is 11.6 Å². The van der Waals surface area contributed by atoms with Gasteiger partial charge in [-0.2, -0.15) is 15.0 Å². The number of likely N-dealkylation sites (tertiary alicyclic amines) is 1. The number of hydrogen-bond donors (Lipinski definition) is 2. The summed E-state index contributed by atoms with van der Waals surface area (Å²) in [6.45, 7) is 2.12. The Morgan fingerprint density at radius 2 is 1.71 bits per heavy atom. The lowest BCUT2D eigenvalue weighted by molar-refractivity contribution is -0.00000804. The summed E-state index contributed by atoms with van der Waals surface area (Å²) < 4.78 is 19.2. The Kier molecular flexibility index (Phi) is 9.53. The van der Waals surface area contributed by atoms with E-state index in [-0.39, 0.29) is 19.6 Å². The zero-order valence-corrected chi connectivity index (χ0v) is 21.1. The predicted octanol–water partition coefficient (Wildman–Crippen LogP) is 1.54. The molecule has 2 N–H and O–H groups in total. The van der Waals surface area contributed by atoms with Crippen LogP contribution in [0.25, 0.3) is 0 Å². The number of nitrogens with one attached hydrogen (secondary N) is 2. The predicted molar refractivity (Wildman–Crippen MR) is 131 cm³/mol. The smallest absolute Gasteiger partial charge is 1.00 e. The molecule has 2 aromatic rings. The number of anilines is 4. The van der Waals surface area contributed by atoms with Crippen LogP contribution in [0, 0.1) is 5.82 Å². The molecule has 1 aromatic heterocycles. The van der Waals surface area contributed by atoms with Crippen LogP contribution in [0.15, 0.2) is 18.2 Å². The first-order valence-electron chi connectivity index (χ1n) is 12.1. The minimum atomic E-state index is -0.433. The number of aromatic nitrogens is 3. The van der Waals surface area contributed by atoms with Crippen LogP contribution in [0.3, 0.4) is 0 Å². The van der Waals surface area contributed by atoms with Gasteiger partial charge in [-0.3, -0.25) is 0 Å². The summed E-state index contributed by atoms with van der Waals surface area (Å²) >= 11 is 0. The monoisotopic (exact) mass is 493 g/mol. The molecule has 0 unspecified atom stereocenters. The van der Waals surface area contributed by atoms with Gasteiger partial charge in [-0.25, -0.2) is 4.39 Å². The molecule has 2 heterocycles. The van der Waals surface area contributed by atoms with E-state index in [0.29, 0.717) is 35.6 Å². The molecule has 0 radical (unpaired) electrons. The molecule has 1 aromatic carbocycles. The average Bonchev–Trinajstić information content (AvgIpc) is 3.08. The number of rotatable bonds is 7. The second kappa shape index (κ2) is 12.4. The third-order valence-electron chi connectivity index (χ3n) is 6.77. The molecule has 10 heteroatoms. The molecular weight excluding hydrogens is 457 g/mol. The highest BCUT2D eigenvalue weighted by atomic mass is 35.5. The number of hydrogen-bond acceptors (Lipinski definition) is 8. The first-order chi connectivity index (χ1) is 16.0. The Balaban J connectivity index is 0.00000216. The number of benzene rings is 1. The Labute approximate surface area is 209 Å². The van der Waals surface area contributed by atoms with E-state index < -0.39 is 5.82 Å². The van der Waals surface area contributed by atoms with E-state index in [1.54, 1.807) is 12.1 Å². The first-order valence-corrected chi connectivity index (χ1v) is 12.1. The Morgan fingerprint density at radius 1 is 1.03 bits per heavy atom. The minimum absolute atomic E-state index is 0. The summed E-state index contributed by atoms with van der Waals surface area (Å²) in [4.78, 5) is 18.6. The molecule has 2 aliphatic rings. The van der Waals surface area contributed by atoms with E-state index in [0.717, 1.165) is 38.8 Å². The maximum atomic E-state index is 14.2. The van der Waals surface area contributed by atoms with Crippen molar-refractivity contribution in [1.82, 2.24) is 19.9 Å². The third-order valence-corrected chi connectivity index (χ3v) is 6.77. The number of methoxy groups -OCH3 is 1. The Morgan fingerprint density at radius 3 is 2.35 bits per heavy atom. The van der Waals surface area contributed by atoms with Crippen LogP contribution in [-0.2, 0) is 0 Å². The van der Waals surface area contributed by atoms with Crippen LogP contribution in [0.5, 0.6) is 5.75 Å². The molecule has 34 heavy (non-hydrogen) atoms. The van der Waals surface area contributed by atoms with E-state index in [1.165, 1.54) is 38.9 Å². The quantitative estimate of drug-likeness (QED) is 0.562. The number of halogens is 2. The van der Waals surface area contributed by atoms with Crippen molar-refractivity contribution >= 4 is 23.5 Å².